The fourth-order valence-corrected chi connectivity index (χ4v) is 5.51. The van der Waals surface area contributed by atoms with Crippen LogP contribution in [0.5, 0.6) is 5.75 Å². The van der Waals surface area contributed by atoms with Crippen LogP contribution in [0.2, 0.25) is 10.0 Å². The van der Waals surface area contributed by atoms with Crippen LogP contribution in [0.25, 0.3) is 10.9 Å². The summed E-state index contributed by atoms with van der Waals surface area (Å²) in [6.45, 7) is 5.13. The first-order valence-electron chi connectivity index (χ1n) is 10.4. The number of amides is 1. The lowest BCUT2D eigenvalue weighted by molar-refractivity contribution is -0.125. The molecule has 0 fully saturated rings. The molecular formula is C23H27Cl3N4O4S. The van der Waals surface area contributed by atoms with E-state index in [0.717, 1.165) is 11.1 Å². The van der Waals surface area contributed by atoms with Gasteiger partial charge in [-0.2, -0.15) is 4.72 Å². The average molecular weight is 562 g/mol. The van der Waals surface area contributed by atoms with Crippen LogP contribution in [0, 0.1) is 6.92 Å². The molecule has 12 heteroatoms. The predicted molar refractivity (Wildman–Crippen MR) is 141 cm³/mol. The minimum atomic E-state index is -4.18. The molecular weight excluding hydrogens is 535 g/mol. The largest absolute Gasteiger partial charge is 0.487 e. The Morgan fingerprint density at radius 3 is 2.54 bits per heavy atom. The van der Waals surface area contributed by atoms with Crippen molar-refractivity contribution in [3.63, 3.8) is 0 Å². The van der Waals surface area contributed by atoms with Crippen LogP contribution in [0.15, 0.2) is 47.4 Å². The number of hydrogen-bond donors (Lipinski definition) is 3. The molecule has 35 heavy (non-hydrogen) atoms. The number of rotatable bonds is 9. The molecule has 0 saturated heterocycles. The van der Waals surface area contributed by atoms with E-state index in [1.54, 1.807) is 6.07 Å². The summed E-state index contributed by atoms with van der Waals surface area (Å²) in [6, 6.07) is 12.1. The van der Waals surface area contributed by atoms with E-state index in [0.29, 0.717) is 16.8 Å². The molecule has 190 valence electrons. The van der Waals surface area contributed by atoms with Gasteiger partial charge in [-0.3, -0.25) is 4.79 Å². The molecule has 0 saturated carbocycles. The number of nitrogens with two attached hydrogens (primary N) is 1. The third-order valence-electron chi connectivity index (χ3n) is 5.02. The highest BCUT2D eigenvalue weighted by Crippen LogP contribution is 2.33. The first-order chi connectivity index (χ1) is 16.0. The van der Waals surface area contributed by atoms with Crippen molar-refractivity contribution < 1.29 is 17.9 Å². The summed E-state index contributed by atoms with van der Waals surface area (Å²) in [7, 11) is -4.18. The molecule has 3 rings (SSSR count). The summed E-state index contributed by atoms with van der Waals surface area (Å²) < 4.78 is 34.5. The van der Waals surface area contributed by atoms with Crippen LogP contribution in [0.4, 0.5) is 0 Å². The van der Waals surface area contributed by atoms with Crippen LogP contribution >= 0.6 is 35.6 Å². The summed E-state index contributed by atoms with van der Waals surface area (Å²) in [5, 5.41) is 3.62. The Labute approximate surface area is 221 Å². The minimum absolute atomic E-state index is 0. The molecule has 0 bridgehead atoms. The van der Waals surface area contributed by atoms with Crippen LogP contribution in [0.1, 0.15) is 25.1 Å². The van der Waals surface area contributed by atoms with Gasteiger partial charge >= 0.3 is 0 Å². The number of para-hydroxylation sites is 1. The second-order valence-corrected chi connectivity index (χ2v) is 10.6. The standard InChI is InChI=1S/C23H26Cl2N4O4S.ClH/c1-14-7-8-15-5-4-6-18(21(15)28-14)33-13-16-17(24)9-10-19(20(16)25)34(31,32)29-23(2,3)22(30)27-12-11-26;/h4-10,29H,11-13,26H2,1-3H3,(H,27,30);1H. The van der Waals surface area contributed by atoms with Gasteiger partial charge in [0.15, 0.2) is 0 Å². The Morgan fingerprint density at radius 1 is 1.14 bits per heavy atom. The lowest BCUT2D eigenvalue weighted by atomic mass is 10.1. The molecule has 1 amide bonds. The highest BCUT2D eigenvalue weighted by atomic mass is 35.5. The summed E-state index contributed by atoms with van der Waals surface area (Å²) >= 11 is 12.8. The monoisotopic (exact) mass is 560 g/mol. The number of benzene rings is 2. The molecule has 4 N–H and O–H groups in total. The number of hydrogen-bond acceptors (Lipinski definition) is 6. The van der Waals surface area contributed by atoms with Gasteiger partial charge in [0.1, 0.15) is 28.3 Å². The molecule has 8 nitrogen and oxygen atoms in total. The Hall–Kier alpha value is -2.14. The molecule has 0 spiro atoms. The van der Waals surface area contributed by atoms with Gasteiger partial charge in [-0.15, -0.1) is 12.4 Å². The second-order valence-electron chi connectivity index (χ2n) is 8.18. The number of aromatic nitrogens is 1. The third kappa shape index (κ3) is 6.75. The molecule has 1 heterocycles. The number of ether oxygens (including phenoxy) is 1. The van der Waals surface area contributed by atoms with Crippen molar-refractivity contribution in [3.8, 4) is 5.75 Å². The zero-order chi connectivity index (χ0) is 25.1. The summed E-state index contributed by atoms with van der Waals surface area (Å²) in [6.07, 6.45) is 0. The number of halogens is 3. The van der Waals surface area contributed by atoms with Gasteiger partial charge < -0.3 is 15.8 Å². The highest BCUT2D eigenvalue weighted by molar-refractivity contribution is 7.89. The van der Waals surface area contributed by atoms with Crippen LogP contribution in [-0.2, 0) is 21.4 Å². The molecule has 0 aliphatic heterocycles. The SMILES string of the molecule is Cc1ccc2cccc(OCc3c(Cl)ccc(S(=O)(=O)NC(C)(C)C(=O)NCCN)c3Cl)c2n1.Cl. The summed E-state index contributed by atoms with van der Waals surface area (Å²) in [5.41, 5.74) is 5.75. The molecule has 0 atom stereocenters. The van der Waals surface area contributed by atoms with Crippen LogP contribution < -0.4 is 20.5 Å². The van der Waals surface area contributed by atoms with Crippen molar-refractivity contribution in [1.82, 2.24) is 15.0 Å². The van der Waals surface area contributed by atoms with E-state index in [1.165, 1.54) is 26.0 Å². The maximum atomic E-state index is 13.1. The van der Waals surface area contributed by atoms with Gasteiger partial charge in [0.05, 0.1) is 5.02 Å². The van der Waals surface area contributed by atoms with E-state index in [9.17, 15) is 13.2 Å². The lowest BCUT2D eigenvalue weighted by Crippen LogP contribution is -2.55. The normalized spacial score (nSPS) is 11.7. The minimum Gasteiger partial charge on any atom is -0.487 e. The lowest BCUT2D eigenvalue weighted by Gasteiger charge is -2.25. The maximum absolute atomic E-state index is 13.1. The fourth-order valence-electron chi connectivity index (χ4n) is 3.24. The maximum Gasteiger partial charge on any atom is 0.243 e. The number of nitrogens with one attached hydrogen (secondary N) is 2. The molecule has 2 aromatic carbocycles. The average Bonchev–Trinajstić information content (AvgIpc) is 2.76. The van der Waals surface area contributed by atoms with Crippen molar-refractivity contribution in [2.24, 2.45) is 5.73 Å². The van der Waals surface area contributed by atoms with E-state index >= 15 is 0 Å². The Morgan fingerprint density at radius 2 is 1.86 bits per heavy atom. The number of sulfonamides is 1. The number of aryl methyl sites for hydroxylation is 1. The van der Waals surface area contributed by atoms with Crippen LogP contribution in [-0.4, -0.2) is 37.9 Å². The van der Waals surface area contributed by atoms with E-state index in [4.69, 9.17) is 33.7 Å². The van der Waals surface area contributed by atoms with Crippen molar-refractivity contribution in [3.05, 3.63) is 63.8 Å². The van der Waals surface area contributed by atoms with Crippen molar-refractivity contribution >= 4 is 62.4 Å². The van der Waals surface area contributed by atoms with Crippen LogP contribution in [0.3, 0.4) is 0 Å². The van der Waals surface area contributed by atoms with Gasteiger partial charge in [-0.1, -0.05) is 41.4 Å². The molecule has 0 aliphatic rings. The zero-order valence-electron chi connectivity index (χ0n) is 19.4. The van der Waals surface area contributed by atoms with E-state index < -0.39 is 21.5 Å². The molecule has 3 aromatic rings. The fraction of sp³-hybridized carbons (Fsp3) is 0.304. The number of carbonyl (C=O) groups is 1. The van der Waals surface area contributed by atoms with Gasteiger partial charge in [0.2, 0.25) is 15.9 Å². The van der Waals surface area contributed by atoms with Gasteiger partial charge in [0, 0.05) is 34.8 Å². The Bertz CT molecular complexity index is 1330. The van der Waals surface area contributed by atoms with Crippen molar-refractivity contribution in [2.45, 2.75) is 37.8 Å². The number of nitrogens with zero attached hydrogens (tertiary/aromatic N) is 1. The number of carbonyl (C=O) groups excluding carboxylic acids is 1. The van der Waals surface area contributed by atoms with Crippen molar-refractivity contribution in [1.29, 1.82) is 0 Å². The van der Waals surface area contributed by atoms with E-state index in [1.807, 2.05) is 31.2 Å². The number of pyridine rings is 1. The summed E-state index contributed by atoms with van der Waals surface area (Å²) in [4.78, 5) is 16.7. The third-order valence-corrected chi connectivity index (χ3v) is 7.62. The highest BCUT2D eigenvalue weighted by Gasteiger charge is 2.34. The van der Waals surface area contributed by atoms with Gasteiger partial charge in [0.25, 0.3) is 0 Å². The van der Waals surface area contributed by atoms with E-state index in [-0.39, 0.29) is 47.0 Å². The van der Waals surface area contributed by atoms with Gasteiger partial charge in [-0.05, 0) is 45.0 Å². The van der Waals surface area contributed by atoms with Gasteiger partial charge in [-0.25, -0.2) is 13.4 Å². The first-order valence-corrected chi connectivity index (χ1v) is 12.7. The molecule has 0 aliphatic carbocycles. The Kier molecular flexibility index (Phi) is 9.75. The Balaban J connectivity index is 0.00000432. The zero-order valence-corrected chi connectivity index (χ0v) is 22.5. The quantitative estimate of drug-likeness (QED) is 0.363. The first kappa shape index (κ1) is 29.1. The predicted octanol–water partition coefficient (Wildman–Crippen LogP) is 3.98. The smallest absolute Gasteiger partial charge is 0.243 e. The number of fused-ring (bicyclic) bond motifs is 1. The second kappa shape index (κ2) is 11.7. The van der Waals surface area contributed by atoms with E-state index in [2.05, 4.69) is 15.0 Å². The molecule has 0 unspecified atom stereocenters. The topological polar surface area (TPSA) is 123 Å². The van der Waals surface area contributed by atoms with Crippen molar-refractivity contribution in [2.75, 3.05) is 13.1 Å². The molecule has 1 aromatic heterocycles. The molecule has 0 radical (unpaired) electrons. The summed E-state index contributed by atoms with van der Waals surface area (Å²) in [5.74, 6) is -0.00802.